The van der Waals surface area contributed by atoms with E-state index in [4.69, 9.17) is 9.84 Å². The van der Waals surface area contributed by atoms with Crippen LogP contribution in [0.5, 0.6) is 0 Å². The molecule has 0 atom stereocenters. The first kappa shape index (κ1) is 15.0. The van der Waals surface area contributed by atoms with Gasteiger partial charge in [0.25, 0.3) is 5.91 Å². The van der Waals surface area contributed by atoms with Crippen LogP contribution in [-0.2, 0) is 4.74 Å². The number of nitrogens with zero attached hydrogens (tertiary/aromatic N) is 2. The first-order valence-corrected chi connectivity index (χ1v) is 5.96. The predicted octanol–water partition coefficient (Wildman–Crippen LogP) is 0.720. The van der Waals surface area contributed by atoms with Gasteiger partial charge in [0.1, 0.15) is 5.69 Å². The number of carbonyl (C=O) groups is 2. The van der Waals surface area contributed by atoms with Crippen molar-refractivity contribution in [1.82, 2.24) is 15.3 Å². The van der Waals surface area contributed by atoms with Gasteiger partial charge in [-0.05, 0) is 20.3 Å². The van der Waals surface area contributed by atoms with Crippen molar-refractivity contribution < 1.29 is 19.4 Å². The van der Waals surface area contributed by atoms with E-state index >= 15 is 0 Å². The molecule has 0 bridgehead atoms. The Morgan fingerprint density at radius 2 is 1.95 bits per heavy atom. The van der Waals surface area contributed by atoms with Gasteiger partial charge in [0.15, 0.2) is 5.69 Å². The molecule has 7 nitrogen and oxygen atoms in total. The summed E-state index contributed by atoms with van der Waals surface area (Å²) in [5.74, 6) is -1.56. The van der Waals surface area contributed by atoms with Crippen LogP contribution >= 0.6 is 0 Å². The maximum Gasteiger partial charge on any atom is 0.356 e. The van der Waals surface area contributed by atoms with Crippen molar-refractivity contribution in [2.24, 2.45) is 0 Å². The smallest absolute Gasteiger partial charge is 0.356 e. The SMILES string of the molecule is CC(C)OCCCNC(=O)c1cnc(C(=O)O)cn1. The van der Waals surface area contributed by atoms with Crippen molar-refractivity contribution >= 4 is 11.9 Å². The standard InChI is InChI=1S/C12H17N3O4/c1-8(2)19-5-3-4-13-11(16)9-6-15-10(7-14-9)12(17)18/h6-8H,3-5H2,1-2H3,(H,13,16)(H,17,18). The van der Waals surface area contributed by atoms with Crippen LogP contribution in [-0.4, -0.2) is 46.2 Å². The Morgan fingerprint density at radius 1 is 1.32 bits per heavy atom. The van der Waals surface area contributed by atoms with Crippen LogP contribution in [0.2, 0.25) is 0 Å². The highest BCUT2D eigenvalue weighted by atomic mass is 16.5. The summed E-state index contributed by atoms with van der Waals surface area (Å²) in [6.45, 7) is 4.92. The highest BCUT2D eigenvalue weighted by Crippen LogP contribution is 1.96. The van der Waals surface area contributed by atoms with Gasteiger partial charge < -0.3 is 15.2 Å². The van der Waals surface area contributed by atoms with Crippen LogP contribution < -0.4 is 5.32 Å². The van der Waals surface area contributed by atoms with Crippen LogP contribution in [0.25, 0.3) is 0 Å². The molecule has 1 aromatic heterocycles. The Hall–Kier alpha value is -2.02. The lowest BCUT2D eigenvalue weighted by molar-refractivity contribution is 0.0687. The number of aromatic nitrogens is 2. The number of nitrogens with one attached hydrogen (secondary N) is 1. The minimum atomic E-state index is -1.18. The van der Waals surface area contributed by atoms with E-state index in [1.54, 1.807) is 0 Å². The van der Waals surface area contributed by atoms with E-state index in [9.17, 15) is 9.59 Å². The molecule has 1 amide bonds. The molecule has 0 unspecified atom stereocenters. The molecule has 1 aromatic rings. The number of hydrogen-bond acceptors (Lipinski definition) is 5. The van der Waals surface area contributed by atoms with Crippen molar-refractivity contribution in [1.29, 1.82) is 0 Å². The Kier molecular flexibility index (Phi) is 5.87. The Bertz CT molecular complexity index is 431. The third-order valence-corrected chi connectivity index (χ3v) is 2.16. The molecule has 104 valence electrons. The van der Waals surface area contributed by atoms with Crippen molar-refractivity contribution in [3.8, 4) is 0 Å². The zero-order valence-corrected chi connectivity index (χ0v) is 10.9. The van der Waals surface area contributed by atoms with Gasteiger partial charge in [-0.3, -0.25) is 4.79 Å². The fourth-order valence-electron chi connectivity index (χ4n) is 1.24. The van der Waals surface area contributed by atoms with Crippen LogP contribution in [0.1, 0.15) is 41.2 Å². The van der Waals surface area contributed by atoms with E-state index in [2.05, 4.69) is 15.3 Å². The molecule has 0 spiro atoms. The lowest BCUT2D eigenvalue weighted by atomic mass is 10.3. The van der Waals surface area contributed by atoms with Crippen molar-refractivity contribution in [3.63, 3.8) is 0 Å². The maximum absolute atomic E-state index is 11.6. The van der Waals surface area contributed by atoms with E-state index < -0.39 is 5.97 Å². The number of carboxylic acid groups (broad SMARTS) is 1. The second-order valence-electron chi connectivity index (χ2n) is 4.12. The van der Waals surface area contributed by atoms with Gasteiger partial charge in [-0.2, -0.15) is 0 Å². The van der Waals surface area contributed by atoms with E-state index in [0.717, 1.165) is 12.4 Å². The van der Waals surface area contributed by atoms with Crippen molar-refractivity contribution in [2.45, 2.75) is 26.4 Å². The molecule has 7 heteroatoms. The second-order valence-corrected chi connectivity index (χ2v) is 4.12. The Balaban J connectivity index is 2.35. The molecular weight excluding hydrogens is 250 g/mol. The molecule has 1 heterocycles. The topological polar surface area (TPSA) is 101 Å². The summed E-state index contributed by atoms with van der Waals surface area (Å²) in [6, 6.07) is 0. The normalized spacial score (nSPS) is 10.5. The van der Waals surface area contributed by atoms with Gasteiger partial charge in [-0.1, -0.05) is 0 Å². The minimum absolute atomic E-state index is 0.0924. The molecule has 0 aromatic carbocycles. The summed E-state index contributed by atoms with van der Waals surface area (Å²) in [5.41, 5.74) is -0.100. The molecule has 0 aliphatic heterocycles. The number of carbonyl (C=O) groups excluding carboxylic acids is 1. The molecule has 0 fully saturated rings. The Morgan fingerprint density at radius 3 is 2.47 bits per heavy atom. The molecule has 0 aliphatic carbocycles. The third kappa shape index (κ3) is 5.43. The lowest BCUT2D eigenvalue weighted by Gasteiger charge is -2.07. The summed E-state index contributed by atoms with van der Waals surface area (Å²) in [7, 11) is 0. The molecule has 0 saturated heterocycles. The average molecular weight is 267 g/mol. The quantitative estimate of drug-likeness (QED) is 0.706. The second kappa shape index (κ2) is 7.42. The number of aromatic carboxylic acids is 1. The predicted molar refractivity (Wildman–Crippen MR) is 67.0 cm³/mol. The van der Waals surface area contributed by atoms with Gasteiger partial charge in [-0.25, -0.2) is 14.8 Å². The van der Waals surface area contributed by atoms with Crippen LogP contribution in [0.4, 0.5) is 0 Å². The van der Waals surface area contributed by atoms with E-state index in [-0.39, 0.29) is 23.4 Å². The molecule has 1 rings (SSSR count). The molecule has 0 radical (unpaired) electrons. The van der Waals surface area contributed by atoms with Gasteiger partial charge in [0.05, 0.1) is 18.5 Å². The van der Waals surface area contributed by atoms with E-state index in [1.165, 1.54) is 0 Å². The number of rotatable bonds is 7. The molecular formula is C12H17N3O4. The lowest BCUT2D eigenvalue weighted by Crippen LogP contribution is -2.26. The van der Waals surface area contributed by atoms with E-state index in [1.807, 2.05) is 13.8 Å². The molecule has 0 aliphatic rings. The fraction of sp³-hybridized carbons (Fsp3) is 0.500. The summed E-state index contributed by atoms with van der Waals surface area (Å²) in [6.07, 6.45) is 3.07. The summed E-state index contributed by atoms with van der Waals surface area (Å²) in [4.78, 5) is 29.5. The first-order chi connectivity index (χ1) is 9.00. The zero-order valence-electron chi connectivity index (χ0n) is 10.9. The van der Waals surface area contributed by atoms with E-state index in [0.29, 0.717) is 19.6 Å². The van der Waals surface area contributed by atoms with Gasteiger partial charge in [0.2, 0.25) is 0 Å². The number of ether oxygens (including phenoxy) is 1. The molecule has 19 heavy (non-hydrogen) atoms. The van der Waals surface area contributed by atoms with Crippen molar-refractivity contribution in [2.75, 3.05) is 13.2 Å². The van der Waals surface area contributed by atoms with Gasteiger partial charge in [-0.15, -0.1) is 0 Å². The third-order valence-electron chi connectivity index (χ3n) is 2.16. The molecule has 0 saturated carbocycles. The Labute approximate surface area is 111 Å². The summed E-state index contributed by atoms with van der Waals surface area (Å²) >= 11 is 0. The summed E-state index contributed by atoms with van der Waals surface area (Å²) < 4.78 is 5.33. The van der Waals surface area contributed by atoms with Crippen molar-refractivity contribution in [3.05, 3.63) is 23.8 Å². The summed E-state index contributed by atoms with van der Waals surface area (Å²) in [5, 5.41) is 11.3. The van der Waals surface area contributed by atoms with Crippen LogP contribution in [0, 0.1) is 0 Å². The largest absolute Gasteiger partial charge is 0.476 e. The highest BCUT2D eigenvalue weighted by molar-refractivity contribution is 5.92. The first-order valence-electron chi connectivity index (χ1n) is 5.96. The monoisotopic (exact) mass is 267 g/mol. The average Bonchev–Trinajstić information content (AvgIpc) is 2.37. The van der Waals surface area contributed by atoms with Crippen LogP contribution in [0.3, 0.4) is 0 Å². The maximum atomic E-state index is 11.6. The van der Waals surface area contributed by atoms with Gasteiger partial charge in [0, 0.05) is 13.2 Å². The highest BCUT2D eigenvalue weighted by Gasteiger charge is 2.10. The number of amides is 1. The zero-order chi connectivity index (χ0) is 14.3. The van der Waals surface area contributed by atoms with Gasteiger partial charge >= 0.3 is 5.97 Å². The van der Waals surface area contributed by atoms with Crippen LogP contribution in [0.15, 0.2) is 12.4 Å². The minimum Gasteiger partial charge on any atom is -0.476 e. The number of carboxylic acids is 1. The molecule has 2 N–H and O–H groups in total. The fourth-order valence-corrected chi connectivity index (χ4v) is 1.24. The number of hydrogen-bond donors (Lipinski definition) is 2.